The first kappa shape index (κ1) is 7.76. The summed E-state index contributed by atoms with van der Waals surface area (Å²) in [5.41, 5.74) is 3.44. The Balaban J connectivity index is 2.33. The minimum atomic E-state index is 0.953. The molecule has 14 heavy (non-hydrogen) atoms. The highest BCUT2D eigenvalue weighted by molar-refractivity contribution is 7.08. The predicted molar refractivity (Wildman–Crippen MR) is 59.4 cm³/mol. The van der Waals surface area contributed by atoms with Crippen LogP contribution < -0.4 is 0 Å². The molecule has 0 saturated carbocycles. The quantitative estimate of drug-likeness (QED) is 0.641. The standard InChI is InChI=1S/C11H8N2S/c1-2-9-10(8-3-5-14-7-8)6-13-11(9)12-4-1/h1-7H,(H,12,13). The van der Waals surface area contributed by atoms with Crippen LogP contribution in [0.3, 0.4) is 0 Å². The number of nitrogens with one attached hydrogen (secondary N) is 1. The molecule has 0 aliphatic rings. The maximum Gasteiger partial charge on any atom is 0.137 e. The predicted octanol–water partition coefficient (Wildman–Crippen LogP) is 3.29. The van der Waals surface area contributed by atoms with Gasteiger partial charge >= 0.3 is 0 Å². The molecular weight excluding hydrogens is 192 g/mol. The molecule has 0 aliphatic carbocycles. The van der Waals surface area contributed by atoms with E-state index in [4.69, 9.17) is 0 Å². The zero-order chi connectivity index (χ0) is 9.38. The van der Waals surface area contributed by atoms with Crippen LogP contribution in [0.2, 0.25) is 0 Å². The second kappa shape index (κ2) is 2.96. The number of nitrogens with zero attached hydrogens (tertiary/aromatic N) is 1. The van der Waals surface area contributed by atoms with Crippen LogP contribution in [-0.2, 0) is 0 Å². The Morgan fingerprint density at radius 2 is 2.29 bits per heavy atom. The van der Waals surface area contributed by atoms with E-state index in [1.807, 2.05) is 12.3 Å². The lowest BCUT2D eigenvalue weighted by atomic mass is 10.1. The summed E-state index contributed by atoms with van der Waals surface area (Å²) in [5.74, 6) is 0. The van der Waals surface area contributed by atoms with Crippen molar-refractivity contribution in [2.75, 3.05) is 0 Å². The third-order valence-electron chi connectivity index (χ3n) is 2.28. The molecule has 2 nitrogen and oxygen atoms in total. The number of aromatic nitrogens is 2. The molecule has 0 aromatic carbocycles. The highest BCUT2D eigenvalue weighted by atomic mass is 32.1. The van der Waals surface area contributed by atoms with Crippen molar-refractivity contribution in [2.45, 2.75) is 0 Å². The van der Waals surface area contributed by atoms with Gasteiger partial charge in [0.2, 0.25) is 0 Å². The molecule has 3 heterocycles. The van der Waals surface area contributed by atoms with E-state index >= 15 is 0 Å². The first-order chi connectivity index (χ1) is 6.95. The second-order valence-corrected chi connectivity index (χ2v) is 3.89. The van der Waals surface area contributed by atoms with Gasteiger partial charge in [0.15, 0.2) is 0 Å². The van der Waals surface area contributed by atoms with Crippen LogP contribution in [0, 0.1) is 0 Å². The van der Waals surface area contributed by atoms with Crippen LogP contribution in [-0.4, -0.2) is 9.97 Å². The van der Waals surface area contributed by atoms with Gasteiger partial charge in [0.1, 0.15) is 5.65 Å². The first-order valence-electron chi connectivity index (χ1n) is 4.40. The Bertz CT molecular complexity index is 551. The minimum absolute atomic E-state index is 0.953. The van der Waals surface area contributed by atoms with Gasteiger partial charge in [-0.05, 0) is 34.5 Å². The average Bonchev–Trinajstić information content (AvgIpc) is 2.85. The molecule has 3 rings (SSSR count). The van der Waals surface area contributed by atoms with Crippen molar-refractivity contribution >= 4 is 22.4 Å². The molecule has 0 atom stereocenters. The highest BCUT2D eigenvalue weighted by Crippen LogP contribution is 2.28. The molecule has 0 bridgehead atoms. The van der Waals surface area contributed by atoms with Crippen molar-refractivity contribution in [3.63, 3.8) is 0 Å². The molecule has 0 fully saturated rings. The lowest BCUT2D eigenvalue weighted by molar-refractivity contribution is 1.33. The first-order valence-corrected chi connectivity index (χ1v) is 5.34. The fourth-order valence-electron chi connectivity index (χ4n) is 1.61. The van der Waals surface area contributed by atoms with E-state index in [9.17, 15) is 0 Å². The SMILES string of the molecule is c1cnc2[nH]cc(-c3ccsc3)c2c1. The molecule has 0 amide bonds. The summed E-state index contributed by atoms with van der Waals surface area (Å²) >= 11 is 1.71. The number of thiophene rings is 1. The zero-order valence-electron chi connectivity index (χ0n) is 7.40. The number of hydrogen-bond donors (Lipinski definition) is 1. The Morgan fingerprint density at radius 1 is 1.29 bits per heavy atom. The highest BCUT2D eigenvalue weighted by Gasteiger charge is 2.05. The number of pyridine rings is 1. The molecule has 3 heteroatoms. The van der Waals surface area contributed by atoms with Crippen molar-refractivity contribution < 1.29 is 0 Å². The molecule has 0 saturated heterocycles. The van der Waals surface area contributed by atoms with Crippen LogP contribution >= 0.6 is 11.3 Å². The van der Waals surface area contributed by atoms with Crippen molar-refractivity contribution in [1.29, 1.82) is 0 Å². The number of hydrogen-bond acceptors (Lipinski definition) is 2. The molecule has 0 aliphatic heterocycles. The van der Waals surface area contributed by atoms with E-state index in [0.717, 1.165) is 5.65 Å². The maximum absolute atomic E-state index is 4.26. The minimum Gasteiger partial charge on any atom is -0.346 e. The van der Waals surface area contributed by atoms with Gasteiger partial charge in [-0.2, -0.15) is 11.3 Å². The van der Waals surface area contributed by atoms with E-state index in [0.29, 0.717) is 0 Å². The lowest BCUT2D eigenvalue weighted by Crippen LogP contribution is -1.73. The Hall–Kier alpha value is -1.61. The van der Waals surface area contributed by atoms with Gasteiger partial charge in [0.05, 0.1) is 0 Å². The van der Waals surface area contributed by atoms with Gasteiger partial charge in [-0.25, -0.2) is 4.98 Å². The van der Waals surface area contributed by atoms with Crippen LogP contribution in [0.5, 0.6) is 0 Å². The molecule has 3 aromatic rings. The van der Waals surface area contributed by atoms with Crippen LogP contribution in [0.15, 0.2) is 41.4 Å². The molecule has 68 valence electrons. The zero-order valence-corrected chi connectivity index (χ0v) is 8.21. The summed E-state index contributed by atoms with van der Waals surface area (Å²) in [6.45, 7) is 0. The number of H-pyrrole nitrogens is 1. The van der Waals surface area contributed by atoms with E-state index in [-0.39, 0.29) is 0 Å². The average molecular weight is 200 g/mol. The summed E-state index contributed by atoms with van der Waals surface area (Å²) in [6, 6.07) is 6.18. The Kier molecular flexibility index (Phi) is 1.64. The molecule has 0 radical (unpaired) electrons. The van der Waals surface area contributed by atoms with Gasteiger partial charge in [0.25, 0.3) is 0 Å². The monoisotopic (exact) mass is 200 g/mol. The largest absolute Gasteiger partial charge is 0.346 e. The number of fused-ring (bicyclic) bond motifs is 1. The summed E-state index contributed by atoms with van der Waals surface area (Å²) < 4.78 is 0. The van der Waals surface area contributed by atoms with E-state index in [1.165, 1.54) is 16.5 Å². The van der Waals surface area contributed by atoms with Crippen molar-refractivity contribution in [1.82, 2.24) is 9.97 Å². The van der Waals surface area contributed by atoms with E-state index in [1.54, 1.807) is 17.5 Å². The van der Waals surface area contributed by atoms with Crippen LogP contribution in [0.25, 0.3) is 22.2 Å². The van der Waals surface area contributed by atoms with Crippen molar-refractivity contribution in [2.24, 2.45) is 0 Å². The Labute approximate surface area is 85.2 Å². The van der Waals surface area contributed by atoms with Crippen LogP contribution in [0.1, 0.15) is 0 Å². The normalized spacial score (nSPS) is 10.9. The molecule has 0 spiro atoms. The van der Waals surface area contributed by atoms with Crippen molar-refractivity contribution in [3.05, 3.63) is 41.4 Å². The fourth-order valence-corrected chi connectivity index (χ4v) is 2.27. The molecule has 3 aromatic heterocycles. The van der Waals surface area contributed by atoms with Crippen molar-refractivity contribution in [3.8, 4) is 11.1 Å². The number of aromatic amines is 1. The third kappa shape index (κ3) is 1.06. The van der Waals surface area contributed by atoms with Gasteiger partial charge in [0, 0.05) is 23.3 Å². The number of rotatable bonds is 1. The Morgan fingerprint density at radius 3 is 3.14 bits per heavy atom. The van der Waals surface area contributed by atoms with Gasteiger partial charge in [-0.15, -0.1) is 0 Å². The second-order valence-electron chi connectivity index (χ2n) is 3.11. The van der Waals surface area contributed by atoms with E-state index in [2.05, 4.69) is 32.9 Å². The summed E-state index contributed by atoms with van der Waals surface area (Å²) in [4.78, 5) is 7.43. The fraction of sp³-hybridized carbons (Fsp3) is 0. The maximum atomic E-state index is 4.26. The molecule has 1 N–H and O–H groups in total. The third-order valence-corrected chi connectivity index (χ3v) is 2.97. The summed E-state index contributed by atoms with van der Waals surface area (Å²) in [5, 5.41) is 5.42. The topological polar surface area (TPSA) is 28.7 Å². The smallest absolute Gasteiger partial charge is 0.137 e. The van der Waals surface area contributed by atoms with Gasteiger partial charge in [-0.1, -0.05) is 0 Å². The molecular formula is C11H8N2S. The summed E-state index contributed by atoms with van der Waals surface area (Å²) in [6.07, 6.45) is 3.82. The van der Waals surface area contributed by atoms with E-state index < -0.39 is 0 Å². The van der Waals surface area contributed by atoms with Gasteiger partial charge in [-0.3, -0.25) is 0 Å². The van der Waals surface area contributed by atoms with Crippen LogP contribution in [0.4, 0.5) is 0 Å². The summed E-state index contributed by atoms with van der Waals surface area (Å²) in [7, 11) is 0. The molecule has 0 unspecified atom stereocenters. The lowest BCUT2D eigenvalue weighted by Gasteiger charge is -1.92. The van der Waals surface area contributed by atoms with Gasteiger partial charge < -0.3 is 4.98 Å².